The van der Waals surface area contributed by atoms with Gasteiger partial charge in [0.1, 0.15) is 5.03 Å². The number of thioether (sulfide) groups is 1. The molecule has 0 aromatic carbocycles. The highest BCUT2D eigenvalue weighted by atomic mass is 32.2. The molecule has 1 aromatic rings. The lowest BCUT2D eigenvalue weighted by Gasteiger charge is -2.07. The van der Waals surface area contributed by atoms with Crippen molar-refractivity contribution in [1.29, 1.82) is 0 Å². The molecule has 0 spiro atoms. The number of aromatic nitrogens is 1. The third kappa shape index (κ3) is 3.98. The van der Waals surface area contributed by atoms with Crippen molar-refractivity contribution in [1.82, 2.24) is 10.3 Å². The highest BCUT2D eigenvalue weighted by molar-refractivity contribution is 7.99. The number of nitrogen functional groups attached to an aromatic ring is 1. The van der Waals surface area contributed by atoms with Gasteiger partial charge in [0.05, 0.1) is 5.69 Å². The Bertz CT molecular complexity index is 276. The van der Waals surface area contributed by atoms with Crippen LogP contribution in [-0.2, 0) is 0 Å². The number of nitrogens with two attached hydrogens (primary N) is 1. The average Bonchev–Trinajstić information content (AvgIpc) is 2.15. The van der Waals surface area contributed by atoms with Gasteiger partial charge in [0.25, 0.3) is 0 Å². The molecule has 0 fully saturated rings. The van der Waals surface area contributed by atoms with Crippen LogP contribution in [0.3, 0.4) is 0 Å². The van der Waals surface area contributed by atoms with E-state index >= 15 is 0 Å². The molecule has 0 saturated heterocycles. The van der Waals surface area contributed by atoms with Crippen molar-refractivity contribution in [2.24, 2.45) is 0 Å². The van der Waals surface area contributed by atoms with Gasteiger partial charge in [-0.3, -0.25) is 0 Å². The molecule has 78 valence electrons. The quantitative estimate of drug-likeness (QED) is 0.575. The van der Waals surface area contributed by atoms with Gasteiger partial charge < -0.3 is 11.1 Å². The van der Waals surface area contributed by atoms with E-state index in [0.717, 1.165) is 23.0 Å². The topological polar surface area (TPSA) is 50.9 Å². The van der Waals surface area contributed by atoms with Gasteiger partial charge in [-0.25, -0.2) is 4.98 Å². The van der Waals surface area contributed by atoms with Crippen molar-refractivity contribution in [2.45, 2.75) is 24.9 Å². The van der Waals surface area contributed by atoms with Crippen LogP contribution in [-0.4, -0.2) is 23.3 Å². The first-order valence-electron chi connectivity index (χ1n) is 4.77. The molecule has 0 atom stereocenters. The standard InChI is InChI=1S/C10H17N3S/c1-8(2)12-6-7-14-10-9(11)4-3-5-13-10/h3-5,8,12H,6-7,11H2,1-2H3. The van der Waals surface area contributed by atoms with Gasteiger partial charge in [-0.2, -0.15) is 0 Å². The van der Waals surface area contributed by atoms with Crippen molar-refractivity contribution < 1.29 is 0 Å². The Balaban J connectivity index is 2.28. The Morgan fingerprint density at radius 1 is 1.57 bits per heavy atom. The maximum Gasteiger partial charge on any atom is 0.119 e. The second-order valence-corrected chi connectivity index (χ2v) is 4.44. The highest BCUT2D eigenvalue weighted by Crippen LogP contribution is 2.20. The van der Waals surface area contributed by atoms with Crippen molar-refractivity contribution >= 4 is 17.4 Å². The van der Waals surface area contributed by atoms with E-state index in [1.165, 1.54) is 0 Å². The summed E-state index contributed by atoms with van der Waals surface area (Å²) >= 11 is 1.69. The summed E-state index contributed by atoms with van der Waals surface area (Å²) < 4.78 is 0. The van der Waals surface area contributed by atoms with Gasteiger partial charge in [0.2, 0.25) is 0 Å². The van der Waals surface area contributed by atoms with Crippen molar-refractivity contribution in [3.8, 4) is 0 Å². The normalized spacial score (nSPS) is 10.8. The minimum Gasteiger partial charge on any atom is -0.397 e. The lowest BCUT2D eigenvalue weighted by Crippen LogP contribution is -2.24. The third-order valence-electron chi connectivity index (χ3n) is 1.69. The molecule has 0 aliphatic heterocycles. The van der Waals surface area contributed by atoms with Gasteiger partial charge in [0, 0.05) is 24.5 Å². The van der Waals surface area contributed by atoms with Gasteiger partial charge in [-0.1, -0.05) is 13.8 Å². The summed E-state index contributed by atoms with van der Waals surface area (Å²) in [4.78, 5) is 4.21. The Labute approximate surface area is 89.5 Å². The summed E-state index contributed by atoms with van der Waals surface area (Å²) in [6.45, 7) is 5.26. The predicted octanol–water partition coefficient (Wildman–Crippen LogP) is 1.75. The number of pyridine rings is 1. The summed E-state index contributed by atoms with van der Waals surface area (Å²) in [5, 5.41) is 4.27. The molecule has 0 aliphatic rings. The first-order valence-corrected chi connectivity index (χ1v) is 5.75. The Morgan fingerprint density at radius 2 is 2.36 bits per heavy atom. The second-order valence-electron chi connectivity index (χ2n) is 3.36. The van der Waals surface area contributed by atoms with E-state index < -0.39 is 0 Å². The van der Waals surface area contributed by atoms with E-state index in [1.807, 2.05) is 12.1 Å². The van der Waals surface area contributed by atoms with E-state index in [4.69, 9.17) is 5.73 Å². The van der Waals surface area contributed by atoms with Gasteiger partial charge in [-0.05, 0) is 12.1 Å². The minimum absolute atomic E-state index is 0.539. The largest absolute Gasteiger partial charge is 0.397 e. The van der Waals surface area contributed by atoms with Crippen LogP contribution in [0.15, 0.2) is 23.4 Å². The monoisotopic (exact) mass is 211 g/mol. The molecule has 0 aliphatic carbocycles. The van der Waals surface area contributed by atoms with E-state index in [-0.39, 0.29) is 0 Å². The molecule has 4 heteroatoms. The van der Waals surface area contributed by atoms with Crippen LogP contribution < -0.4 is 11.1 Å². The first kappa shape index (κ1) is 11.3. The minimum atomic E-state index is 0.539. The zero-order chi connectivity index (χ0) is 10.4. The fraction of sp³-hybridized carbons (Fsp3) is 0.500. The SMILES string of the molecule is CC(C)NCCSc1ncccc1N. The number of rotatable bonds is 5. The molecule has 14 heavy (non-hydrogen) atoms. The molecule has 3 nitrogen and oxygen atoms in total. The Hall–Kier alpha value is -0.740. The van der Waals surface area contributed by atoms with Crippen molar-refractivity contribution in [3.05, 3.63) is 18.3 Å². The van der Waals surface area contributed by atoms with Crippen LogP contribution >= 0.6 is 11.8 Å². The van der Waals surface area contributed by atoms with Crippen LogP contribution in [0.25, 0.3) is 0 Å². The Kier molecular flexibility index (Phi) is 4.76. The highest BCUT2D eigenvalue weighted by Gasteiger charge is 1.99. The van der Waals surface area contributed by atoms with E-state index in [2.05, 4.69) is 24.1 Å². The summed E-state index contributed by atoms with van der Waals surface area (Å²) in [7, 11) is 0. The van der Waals surface area contributed by atoms with Crippen LogP contribution in [0, 0.1) is 0 Å². The van der Waals surface area contributed by atoms with Gasteiger partial charge >= 0.3 is 0 Å². The third-order valence-corrected chi connectivity index (χ3v) is 2.72. The van der Waals surface area contributed by atoms with E-state index in [9.17, 15) is 0 Å². The van der Waals surface area contributed by atoms with E-state index in [1.54, 1.807) is 18.0 Å². The number of anilines is 1. The zero-order valence-electron chi connectivity index (χ0n) is 8.66. The van der Waals surface area contributed by atoms with Crippen LogP contribution in [0.4, 0.5) is 5.69 Å². The maximum atomic E-state index is 5.76. The van der Waals surface area contributed by atoms with E-state index in [0.29, 0.717) is 6.04 Å². The lowest BCUT2D eigenvalue weighted by molar-refractivity contribution is 0.616. The summed E-state index contributed by atoms with van der Waals surface area (Å²) in [5.74, 6) is 0.999. The molecule has 0 bridgehead atoms. The molecule has 1 heterocycles. The van der Waals surface area contributed by atoms with Crippen LogP contribution in [0.5, 0.6) is 0 Å². The molecule has 0 unspecified atom stereocenters. The smallest absolute Gasteiger partial charge is 0.119 e. The average molecular weight is 211 g/mol. The van der Waals surface area contributed by atoms with Crippen molar-refractivity contribution in [3.63, 3.8) is 0 Å². The molecule has 0 saturated carbocycles. The van der Waals surface area contributed by atoms with Crippen molar-refractivity contribution in [2.75, 3.05) is 18.0 Å². The second kappa shape index (κ2) is 5.88. The molecule has 1 aromatic heterocycles. The fourth-order valence-corrected chi connectivity index (χ4v) is 1.80. The maximum absolute atomic E-state index is 5.76. The zero-order valence-corrected chi connectivity index (χ0v) is 9.47. The molecule has 0 amide bonds. The number of nitrogens with one attached hydrogen (secondary N) is 1. The van der Waals surface area contributed by atoms with Crippen LogP contribution in [0.2, 0.25) is 0 Å². The number of hydrogen-bond donors (Lipinski definition) is 2. The number of nitrogens with zero attached hydrogens (tertiary/aromatic N) is 1. The van der Waals surface area contributed by atoms with Gasteiger partial charge in [0.15, 0.2) is 0 Å². The molecular weight excluding hydrogens is 194 g/mol. The van der Waals surface area contributed by atoms with Gasteiger partial charge in [-0.15, -0.1) is 11.8 Å². The predicted molar refractivity (Wildman–Crippen MR) is 62.5 cm³/mol. The Morgan fingerprint density at radius 3 is 3.00 bits per heavy atom. The fourth-order valence-electron chi connectivity index (χ4n) is 1.02. The molecule has 3 N–H and O–H groups in total. The molecule has 1 rings (SSSR count). The molecular formula is C10H17N3S. The summed E-state index contributed by atoms with van der Waals surface area (Å²) in [6, 6.07) is 4.27. The number of hydrogen-bond acceptors (Lipinski definition) is 4. The summed E-state index contributed by atoms with van der Waals surface area (Å²) in [5.41, 5.74) is 6.52. The molecule has 0 radical (unpaired) electrons. The van der Waals surface area contributed by atoms with Crippen LogP contribution in [0.1, 0.15) is 13.8 Å². The lowest BCUT2D eigenvalue weighted by atomic mass is 10.4. The first-order chi connectivity index (χ1) is 6.70. The summed E-state index contributed by atoms with van der Waals surface area (Å²) in [6.07, 6.45) is 1.77.